The molecule has 112 valence electrons. The summed E-state index contributed by atoms with van der Waals surface area (Å²) in [6.07, 6.45) is 2.45. The van der Waals surface area contributed by atoms with E-state index in [2.05, 4.69) is 20.6 Å². The highest BCUT2D eigenvalue weighted by Crippen LogP contribution is 2.11. The molecule has 0 spiro atoms. The summed E-state index contributed by atoms with van der Waals surface area (Å²) in [5.74, 6) is -0.499. The molecule has 0 bridgehead atoms. The fourth-order valence-electron chi connectivity index (χ4n) is 1.64. The summed E-state index contributed by atoms with van der Waals surface area (Å²) in [7, 11) is 3.94. The Morgan fingerprint density at radius 3 is 2.95 bits per heavy atom. The van der Waals surface area contributed by atoms with E-state index in [-0.39, 0.29) is 0 Å². The number of nitrogens with one attached hydrogen (secondary N) is 2. The highest BCUT2D eigenvalue weighted by Gasteiger charge is 2.06. The van der Waals surface area contributed by atoms with Gasteiger partial charge in [-0.1, -0.05) is 0 Å². The number of anilines is 1. The maximum Gasteiger partial charge on any atom is 0.319 e. The van der Waals surface area contributed by atoms with Crippen molar-refractivity contribution in [1.82, 2.24) is 20.2 Å². The number of carbonyl (C=O) groups is 1. The third kappa shape index (κ3) is 5.09. The lowest BCUT2D eigenvalue weighted by atomic mass is 10.4. The van der Waals surface area contributed by atoms with Gasteiger partial charge in [0.1, 0.15) is 10.8 Å². The summed E-state index contributed by atoms with van der Waals surface area (Å²) in [6, 6.07) is 0.775. The molecule has 0 unspecified atom stereocenters. The van der Waals surface area contributed by atoms with Gasteiger partial charge < -0.3 is 15.5 Å². The largest absolute Gasteiger partial charge is 0.331 e. The number of carbonyl (C=O) groups excluding carboxylic acids is 1. The maximum atomic E-state index is 12.9. The summed E-state index contributed by atoms with van der Waals surface area (Å²) in [5.41, 5.74) is 1.27. The predicted molar refractivity (Wildman–Crippen MR) is 79.6 cm³/mol. The Hall–Kier alpha value is -2.06. The molecule has 0 aliphatic heterocycles. The van der Waals surface area contributed by atoms with Gasteiger partial charge in [0.15, 0.2) is 0 Å². The first kappa shape index (κ1) is 15.3. The number of nitrogens with zero attached hydrogens (tertiary/aromatic N) is 3. The van der Waals surface area contributed by atoms with Gasteiger partial charge in [0.2, 0.25) is 0 Å². The first-order chi connectivity index (χ1) is 10.0. The van der Waals surface area contributed by atoms with Crippen LogP contribution < -0.4 is 10.6 Å². The Morgan fingerprint density at radius 2 is 2.24 bits per heavy atom. The highest BCUT2D eigenvalue weighted by molar-refractivity contribution is 7.09. The van der Waals surface area contributed by atoms with Crippen molar-refractivity contribution in [1.29, 1.82) is 0 Å². The van der Waals surface area contributed by atoms with Gasteiger partial charge >= 0.3 is 6.03 Å². The van der Waals surface area contributed by atoms with Crippen LogP contribution in [0.1, 0.15) is 10.7 Å². The van der Waals surface area contributed by atoms with Gasteiger partial charge in [-0.15, -0.1) is 11.3 Å². The van der Waals surface area contributed by atoms with E-state index >= 15 is 0 Å². The second-order valence-electron chi connectivity index (χ2n) is 4.67. The van der Waals surface area contributed by atoms with E-state index in [1.165, 1.54) is 23.6 Å². The second kappa shape index (κ2) is 7.09. The lowest BCUT2D eigenvalue weighted by molar-refractivity contribution is 0.251. The first-order valence-corrected chi connectivity index (χ1v) is 7.14. The topological polar surface area (TPSA) is 70.2 Å². The lowest BCUT2D eigenvalue weighted by Crippen LogP contribution is -2.28. The predicted octanol–water partition coefficient (Wildman–Crippen LogP) is 2.06. The Kier molecular flexibility index (Phi) is 5.18. The third-order valence-corrected chi connectivity index (χ3v) is 3.34. The van der Waals surface area contributed by atoms with Crippen molar-refractivity contribution in [2.45, 2.75) is 13.1 Å². The van der Waals surface area contributed by atoms with E-state index in [4.69, 9.17) is 0 Å². The number of hydrogen-bond donors (Lipinski definition) is 2. The zero-order chi connectivity index (χ0) is 15.2. The van der Waals surface area contributed by atoms with E-state index in [0.29, 0.717) is 12.2 Å². The second-order valence-corrected chi connectivity index (χ2v) is 5.61. The van der Waals surface area contributed by atoms with Crippen LogP contribution in [0.25, 0.3) is 0 Å². The van der Waals surface area contributed by atoms with Crippen molar-refractivity contribution in [3.8, 4) is 0 Å². The van der Waals surface area contributed by atoms with Crippen LogP contribution in [-0.4, -0.2) is 35.0 Å². The molecule has 21 heavy (non-hydrogen) atoms. The summed E-state index contributed by atoms with van der Waals surface area (Å²) in [6.45, 7) is 1.09. The SMILES string of the molecule is CN(C)Cc1csc(CNC(=O)Nc2cncc(F)c2)n1. The van der Waals surface area contributed by atoms with Crippen LogP contribution >= 0.6 is 11.3 Å². The highest BCUT2D eigenvalue weighted by atomic mass is 32.1. The van der Waals surface area contributed by atoms with Crippen molar-refractivity contribution in [2.24, 2.45) is 0 Å². The monoisotopic (exact) mass is 309 g/mol. The third-order valence-electron chi connectivity index (χ3n) is 2.44. The number of hydrogen-bond acceptors (Lipinski definition) is 5. The van der Waals surface area contributed by atoms with Crippen molar-refractivity contribution in [2.75, 3.05) is 19.4 Å². The molecule has 6 nitrogen and oxygen atoms in total. The van der Waals surface area contributed by atoms with E-state index in [1.807, 2.05) is 24.4 Å². The molecule has 0 saturated carbocycles. The Bertz CT molecular complexity index is 616. The van der Waals surface area contributed by atoms with Crippen molar-refractivity contribution in [3.63, 3.8) is 0 Å². The molecule has 2 aromatic rings. The van der Waals surface area contributed by atoms with Gasteiger partial charge in [0, 0.05) is 18.0 Å². The first-order valence-electron chi connectivity index (χ1n) is 6.26. The quantitative estimate of drug-likeness (QED) is 0.887. The average Bonchev–Trinajstić information content (AvgIpc) is 2.83. The molecular formula is C13H16FN5OS. The summed E-state index contributed by atoms with van der Waals surface area (Å²) in [5, 5.41) is 7.96. The molecular weight excluding hydrogens is 293 g/mol. The molecule has 0 aliphatic carbocycles. The Morgan fingerprint density at radius 1 is 1.43 bits per heavy atom. The number of amides is 2. The average molecular weight is 309 g/mol. The molecule has 0 saturated heterocycles. The van der Waals surface area contributed by atoms with Crippen LogP contribution in [0.2, 0.25) is 0 Å². The minimum absolute atomic E-state index is 0.305. The Balaban J connectivity index is 1.82. The molecule has 2 heterocycles. The molecule has 0 aromatic carbocycles. The number of thiazole rings is 1. The minimum Gasteiger partial charge on any atom is -0.331 e. The maximum absolute atomic E-state index is 12.9. The zero-order valence-electron chi connectivity index (χ0n) is 11.8. The zero-order valence-corrected chi connectivity index (χ0v) is 12.6. The normalized spacial score (nSPS) is 10.7. The number of halogens is 1. The van der Waals surface area contributed by atoms with Crippen LogP contribution in [0.5, 0.6) is 0 Å². The molecule has 2 aromatic heterocycles. The van der Waals surface area contributed by atoms with Gasteiger partial charge in [-0.2, -0.15) is 0 Å². The lowest BCUT2D eigenvalue weighted by Gasteiger charge is -2.06. The summed E-state index contributed by atoms with van der Waals surface area (Å²) < 4.78 is 12.9. The van der Waals surface area contributed by atoms with Gasteiger partial charge in [-0.3, -0.25) is 4.98 Å². The fraction of sp³-hybridized carbons (Fsp3) is 0.308. The van der Waals surface area contributed by atoms with E-state index < -0.39 is 11.8 Å². The number of aromatic nitrogens is 2. The molecule has 0 aliphatic rings. The molecule has 0 fully saturated rings. The number of pyridine rings is 1. The minimum atomic E-state index is -0.499. The molecule has 0 atom stereocenters. The molecule has 0 radical (unpaired) electrons. The van der Waals surface area contributed by atoms with Crippen molar-refractivity contribution >= 4 is 23.1 Å². The van der Waals surface area contributed by atoms with Crippen LogP contribution in [0.4, 0.5) is 14.9 Å². The smallest absolute Gasteiger partial charge is 0.319 e. The van der Waals surface area contributed by atoms with E-state index in [0.717, 1.165) is 23.4 Å². The van der Waals surface area contributed by atoms with Crippen LogP contribution in [0.3, 0.4) is 0 Å². The van der Waals surface area contributed by atoms with Crippen LogP contribution in [-0.2, 0) is 13.1 Å². The standard InChI is InChI=1S/C13H16FN5OS/c1-19(2)7-11-8-21-12(17-11)6-16-13(20)18-10-3-9(14)4-15-5-10/h3-5,8H,6-7H2,1-2H3,(H2,16,18,20). The van der Waals surface area contributed by atoms with Crippen LogP contribution in [0.15, 0.2) is 23.8 Å². The Labute approximate surface area is 126 Å². The van der Waals surface area contributed by atoms with Gasteiger partial charge in [-0.25, -0.2) is 14.2 Å². The molecule has 2 N–H and O–H groups in total. The summed E-state index contributed by atoms with van der Waals surface area (Å²) >= 11 is 1.49. The van der Waals surface area contributed by atoms with Crippen LogP contribution in [0, 0.1) is 5.82 Å². The van der Waals surface area contributed by atoms with E-state index in [9.17, 15) is 9.18 Å². The molecule has 8 heteroatoms. The van der Waals surface area contributed by atoms with Gasteiger partial charge in [-0.05, 0) is 14.1 Å². The van der Waals surface area contributed by atoms with Gasteiger partial charge in [0.25, 0.3) is 0 Å². The van der Waals surface area contributed by atoms with Crippen molar-refractivity contribution < 1.29 is 9.18 Å². The molecule has 2 amide bonds. The fourth-order valence-corrected chi connectivity index (χ4v) is 2.36. The summed E-state index contributed by atoms with van der Waals surface area (Å²) in [4.78, 5) is 21.8. The van der Waals surface area contributed by atoms with Crippen molar-refractivity contribution in [3.05, 3.63) is 40.4 Å². The number of rotatable bonds is 5. The van der Waals surface area contributed by atoms with E-state index in [1.54, 1.807) is 0 Å². The van der Waals surface area contributed by atoms with Gasteiger partial charge in [0.05, 0.1) is 30.3 Å². The molecule has 2 rings (SSSR count). The number of urea groups is 1.